The lowest BCUT2D eigenvalue weighted by Gasteiger charge is -2.27. The lowest BCUT2D eigenvalue weighted by atomic mass is 10.1. The van der Waals surface area contributed by atoms with Crippen molar-refractivity contribution >= 4 is 23.3 Å². The lowest BCUT2D eigenvalue weighted by Crippen LogP contribution is -2.35. The summed E-state index contributed by atoms with van der Waals surface area (Å²) >= 11 is 6.28. The molecule has 1 saturated heterocycles. The molecule has 1 aliphatic heterocycles. The number of aryl methyl sites for hydroxylation is 1. The van der Waals surface area contributed by atoms with Gasteiger partial charge in [-0.2, -0.15) is 0 Å². The van der Waals surface area contributed by atoms with Crippen LogP contribution in [0.4, 0.5) is 0 Å². The van der Waals surface area contributed by atoms with Crippen molar-refractivity contribution < 1.29 is 23.6 Å². The third-order valence-electron chi connectivity index (χ3n) is 5.66. The van der Waals surface area contributed by atoms with Gasteiger partial charge in [0.2, 0.25) is 0 Å². The van der Waals surface area contributed by atoms with E-state index >= 15 is 0 Å². The Labute approximate surface area is 203 Å². The fourth-order valence-corrected chi connectivity index (χ4v) is 4.01. The van der Waals surface area contributed by atoms with E-state index in [1.165, 1.54) is 0 Å². The monoisotopic (exact) mass is 483 g/mol. The van der Waals surface area contributed by atoms with Crippen molar-refractivity contribution in [1.29, 1.82) is 0 Å². The van der Waals surface area contributed by atoms with Gasteiger partial charge in [0, 0.05) is 30.8 Å². The second-order valence-corrected chi connectivity index (χ2v) is 8.32. The van der Waals surface area contributed by atoms with Crippen LogP contribution >= 0.6 is 11.6 Å². The average molecular weight is 484 g/mol. The molecule has 0 amide bonds. The molecular weight excluding hydrogens is 458 g/mol. The molecule has 0 bridgehead atoms. The smallest absolute Gasteiger partial charge is 0.371 e. The van der Waals surface area contributed by atoms with Crippen molar-refractivity contribution in [2.45, 2.75) is 20.4 Å². The van der Waals surface area contributed by atoms with Gasteiger partial charge in [-0.25, -0.2) is 4.79 Å². The second kappa shape index (κ2) is 10.8. The minimum atomic E-state index is -0.671. The summed E-state index contributed by atoms with van der Waals surface area (Å²) in [6.07, 6.45) is 0. The van der Waals surface area contributed by atoms with Gasteiger partial charge in [0.15, 0.2) is 0 Å². The highest BCUT2D eigenvalue weighted by Crippen LogP contribution is 2.31. The van der Waals surface area contributed by atoms with E-state index in [-0.39, 0.29) is 5.56 Å². The Kier molecular flexibility index (Phi) is 7.62. The first kappa shape index (κ1) is 23.9. The van der Waals surface area contributed by atoms with Crippen LogP contribution in [0, 0.1) is 6.92 Å². The zero-order chi connectivity index (χ0) is 24.1. The number of carbonyl (C=O) groups is 1. The number of hydrogen-bond acceptors (Lipinski definition) is 8. The molecule has 4 rings (SSSR count). The Hall–Kier alpha value is -3.20. The van der Waals surface area contributed by atoms with Gasteiger partial charge < -0.3 is 18.8 Å². The summed E-state index contributed by atoms with van der Waals surface area (Å²) in [5, 5.41) is 8.54. The maximum atomic E-state index is 12.9. The Balaban J connectivity index is 1.54. The Bertz CT molecular complexity index is 1200. The normalized spacial score (nSPS) is 14.8. The van der Waals surface area contributed by atoms with Gasteiger partial charge in [-0.1, -0.05) is 40.1 Å². The van der Waals surface area contributed by atoms with Gasteiger partial charge in [-0.05, 0) is 43.7 Å². The number of oxime groups is 1. The van der Waals surface area contributed by atoms with E-state index in [1.54, 1.807) is 45.2 Å². The number of aromatic nitrogens is 1. The first-order valence-electron chi connectivity index (χ1n) is 10.9. The molecule has 34 heavy (non-hydrogen) atoms. The van der Waals surface area contributed by atoms with E-state index in [9.17, 15) is 4.79 Å². The predicted octanol–water partition coefficient (Wildman–Crippen LogP) is 4.73. The Morgan fingerprint density at radius 1 is 1.21 bits per heavy atom. The number of carbonyl (C=O) groups excluding carboxylic acids is 1. The summed E-state index contributed by atoms with van der Waals surface area (Å²) in [5.41, 5.74) is 3.48. The summed E-state index contributed by atoms with van der Waals surface area (Å²) in [7, 11) is 1.65. The lowest BCUT2D eigenvalue weighted by molar-refractivity contribution is 0.0339. The van der Waals surface area contributed by atoms with Crippen LogP contribution in [0.5, 0.6) is 5.75 Å². The molecule has 0 atom stereocenters. The summed E-state index contributed by atoms with van der Waals surface area (Å²) in [5.74, 6) is 0.449. The van der Waals surface area contributed by atoms with Crippen LogP contribution < -0.4 is 4.74 Å². The third kappa shape index (κ3) is 5.30. The van der Waals surface area contributed by atoms with E-state index < -0.39 is 5.97 Å². The molecule has 0 aliphatic carbocycles. The van der Waals surface area contributed by atoms with Crippen LogP contribution in [0.3, 0.4) is 0 Å². The van der Waals surface area contributed by atoms with Crippen molar-refractivity contribution in [3.63, 3.8) is 0 Å². The Morgan fingerprint density at radius 2 is 1.97 bits per heavy atom. The third-order valence-corrected chi connectivity index (χ3v) is 5.99. The minimum Gasteiger partial charge on any atom is -0.496 e. The molecule has 2 heterocycles. The zero-order valence-corrected chi connectivity index (χ0v) is 20.1. The number of methoxy groups -OCH3 is 1. The van der Waals surface area contributed by atoms with Crippen molar-refractivity contribution in [2.24, 2.45) is 5.16 Å². The number of halogens is 1. The van der Waals surface area contributed by atoms with Gasteiger partial charge in [0.05, 0.1) is 31.1 Å². The summed E-state index contributed by atoms with van der Waals surface area (Å²) in [6, 6.07) is 12.9. The first-order chi connectivity index (χ1) is 16.5. The molecule has 1 aliphatic rings. The molecule has 9 heteroatoms. The molecule has 0 radical (unpaired) electrons. The fraction of sp³-hybridized carbons (Fsp3) is 0.320. The van der Waals surface area contributed by atoms with E-state index in [4.69, 9.17) is 30.4 Å². The molecule has 0 N–H and O–H groups in total. The van der Waals surface area contributed by atoms with Crippen LogP contribution in [0.15, 0.2) is 52.1 Å². The summed E-state index contributed by atoms with van der Waals surface area (Å²) in [4.78, 5) is 20.5. The fourth-order valence-electron chi connectivity index (χ4n) is 3.79. The van der Waals surface area contributed by atoms with Crippen molar-refractivity contribution in [3.8, 4) is 17.0 Å². The first-order valence-corrected chi connectivity index (χ1v) is 11.3. The van der Waals surface area contributed by atoms with Gasteiger partial charge in [0.25, 0.3) is 0 Å². The maximum Gasteiger partial charge on any atom is 0.371 e. The summed E-state index contributed by atoms with van der Waals surface area (Å²) in [6.45, 7) is 7.32. The van der Waals surface area contributed by atoms with Crippen LogP contribution in [0.1, 0.15) is 34.2 Å². The van der Waals surface area contributed by atoms with Crippen molar-refractivity contribution in [1.82, 2.24) is 10.1 Å². The standard InChI is InChI=1S/C25H26ClN3O5/c1-16(18-8-9-22(31-3)19(14-18)15-29-10-12-32-13-11-29)27-34-25(30)23-17(2)33-28-24(23)20-6-4-5-7-21(20)26/h4-9,14H,10-13,15H2,1-3H3/b27-16-. The Morgan fingerprint density at radius 3 is 2.71 bits per heavy atom. The quantitative estimate of drug-likeness (QED) is 0.273. The molecule has 2 aromatic carbocycles. The highest BCUT2D eigenvalue weighted by atomic mass is 35.5. The van der Waals surface area contributed by atoms with Gasteiger partial charge in [-0.3, -0.25) is 4.90 Å². The number of hydrogen-bond donors (Lipinski definition) is 0. The summed E-state index contributed by atoms with van der Waals surface area (Å²) < 4.78 is 16.2. The van der Waals surface area contributed by atoms with Gasteiger partial charge in [-0.15, -0.1) is 0 Å². The molecule has 1 aromatic heterocycles. The van der Waals surface area contributed by atoms with Gasteiger partial charge >= 0.3 is 5.97 Å². The van der Waals surface area contributed by atoms with Gasteiger partial charge in [0.1, 0.15) is 22.8 Å². The van der Waals surface area contributed by atoms with Crippen LogP contribution in [-0.2, 0) is 16.1 Å². The SMILES string of the molecule is COc1ccc(/C(C)=N\OC(=O)c2c(-c3ccccc3Cl)noc2C)cc1CN1CCOCC1. The number of nitrogens with zero attached hydrogens (tertiary/aromatic N) is 3. The zero-order valence-electron chi connectivity index (χ0n) is 19.3. The maximum absolute atomic E-state index is 12.9. The highest BCUT2D eigenvalue weighted by molar-refractivity contribution is 6.33. The average Bonchev–Trinajstić information content (AvgIpc) is 3.24. The number of rotatable bonds is 7. The molecular formula is C25H26ClN3O5. The predicted molar refractivity (Wildman–Crippen MR) is 128 cm³/mol. The van der Waals surface area contributed by atoms with Crippen LogP contribution in [0.2, 0.25) is 5.02 Å². The molecule has 8 nitrogen and oxygen atoms in total. The molecule has 0 spiro atoms. The van der Waals surface area contributed by atoms with E-state index in [0.717, 1.165) is 49.7 Å². The van der Waals surface area contributed by atoms with E-state index in [1.807, 2.05) is 18.2 Å². The number of ether oxygens (including phenoxy) is 2. The van der Waals surface area contributed by atoms with Crippen LogP contribution in [0.25, 0.3) is 11.3 Å². The van der Waals surface area contributed by atoms with Crippen molar-refractivity contribution in [3.05, 3.63) is 69.9 Å². The highest BCUT2D eigenvalue weighted by Gasteiger charge is 2.25. The number of benzene rings is 2. The number of morpholine rings is 1. The molecule has 0 unspecified atom stereocenters. The second-order valence-electron chi connectivity index (χ2n) is 7.91. The molecule has 1 fully saturated rings. The minimum absolute atomic E-state index is 0.187. The topological polar surface area (TPSA) is 86.4 Å². The van der Waals surface area contributed by atoms with Crippen LogP contribution in [-0.4, -0.2) is 55.2 Å². The molecule has 178 valence electrons. The largest absolute Gasteiger partial charge is 0.496 e. The van der Waals surface area contributed by atoms with Crippen molar-refractivity contribution in [2.75, 3.05) is 33.4 Å². The molecule has 3 aromatic rings. The molecule has 0 saturated carbocycles. The van der Waals surface area contributed by atoms with E-state index in [0.29, 0.717) is 27.8 Å². The van der Waals surface area contributed by atoms with E-state index in [2.05, 4.69) is 15.2 Å².